The van der Waals surface area contributed by atoms with E-state index in [1.807, 2.05) is 66.7 Å². The molecular formula is C52H33BO17. The summed E-state index contributed by atoms with van der Waals surface area (Å²) < 4.78 is 6.04. The van der Waals surface area contributed by atoms with Crippen molar-refractivity contribution in [3.63, 3.8) is 0 Å². The van der Waals surface area contributed by atoms with E-state index in [0.29, 0.717) is 11.1 Å². The van der Waals surface area contributed by atoms with Crippen LogP contribution in [-0.2, 0) is 0 Å². The molecule has 0 saturated carbocycles. The van der Waals surface area contributed by atoms with Gasteiger partial charge in [0.05, 0.1) is 0 Å². The van der Waals surface area contributed by atoms with Crippen molar-refractivity contribution < 1.29 is 86.1 Å². The number of fused-ring (bicyclic) bond motifs is 8. The second-order valence-corrected chi connectivity index (χ2v) is 16.8. The first-order chi connectivity index (χ1) is 33.4. The highest BCUT2D eigenvalue weighted by atomic mass is 16.4. The number of hydrogen-bond acceptors (Lipinski definition) is 17. The summed E-state index contributed by atoms with van der Waals surface area (Å²) in [6.07, 6.45) is 0. The van der Waals surface area contributed by atoms with Gasteiger partial charge in [0.1, 0.15) is 19.0 Å². The maximum atomic E-state index is 12.0. The van der Waals surface area contributed by atoms with Crippen molar-refractivity contribution in [2.75, 3.05) is 0 Å². The Morgan fingerprint density at radius 1 is 0.271 bits per heavy atom. The van der Waals surface area contributed by atoms with Gasteiger partial charge in [-0.05, 0) is 51.6 Å². The minimum atomic E-state index is -1.40. The van der Waals surface area contributed by atoms with Gasteiger partial charge in [-0.15, -0.1) is 0 Å². The maximum absolute atomic E-state index is 12.0. The minimum Gasteiger partial charge on any atom is -0.504 e. The third kappa shape index (κ3) is 5.37. The predicted octanol–water partition coefficient (Wildman–Crippen LogP) is 8.41. The molecular weight excluding hydrogens is 907 g/mol. The summed E-state index contributed by atoms with van der Waals surface area (Å²) in [5.74, 6) is -20.8. The average Bonchev–Trinajstić information content (AvgIpc) is 3.75. The molecule has 1 aromatic heterocycles. The quantitative estimate of drug-likeness (QED) is 0.0259. The molecule has 0 unspecified atom stereocenters. The number of benzene rings is 10. The summed E-state index contributed by atoms with van der Waals surface area (Å²) >= 11 is 0. The van der Waals surface area contributed by atoms with Crippen molar-refractivity contribution in [1.29, 1.82) is 0 Å². The number of phenols is 16. The van der Waals surface area contributed by atoms with Gasteiger partial charge < -0.3 is 86.1 Å². The van der Waals surface area contributed by atoms with E-state index in [9.17, 15) is 81.7 Å². The third-order valence-electron chi connectivity index (χ3n) is 13.2. The van der Waals surface area contributed by atoms with Crippen molar-refractivity contribution in [3.8, 4) is 136 Å². The highest BCUT2D eigenvalue weighted by Gasteiger charge is 2.37. The van der Waals surface area contributed by atoms with Gasteiger partial charge >= 0.3 is 0 Å². The summed E-state index contributed by atoms with van der Waals surface area (Å²) in [5, 5.41) is 177. The molecule has 0 atom stereocenters. The van der Waals surface area contributed by atoms with E-state index in [1.54, 1.807) is 12.1 Å². The average molecular weight is 941 g/mol. The molecule has 0 fully saturated rings. The van der Waals surface area contributed by atoms with Crippen LogP contribution >= 0.6 is 0 Å². The van der Waals surface area contributed by atoms with Crippen molar-refractivity contribution in [2.24, 2.45) is 0 Å². The van der Waals surface area contributed by atoms with E-state index in [-0.39, 0.29) is 11.1 Å². The first kappa shape index (κ1) is 42.5. The molecule has 0 aliphatic carbocycles. The number of furan rings is 1. The van der Waals surface area contributed by atoms with Crippen LogP contribution in [0.3, 0.4) is 0 Å². The van der Waals surface area contributed by atoms with Crippen LogP contribution in [0.5, 0.6) is 92.0 Å². The third-order valence-corrected chi connectivity index (χ3v) is 13.2. The minimum absolute atomic E-state index is 0.0276. The van der Waals surface area contributed by atoms with Gasteiger partial charge in [0.2, 0.25) is 46.0 Å². The molecule has 0 aliphatic rings. The summed E-state index contributed by atoms with van der Waals surface area (Å²) in [6.45, 7) is 0. The van der Waals surface area contributed by atoms with Gasteiger partial charge in [-0.3, -0.25) is 0 Å². The number of para-hydroxylation sites is 1. The lowest BCUT2D eigenvalue weighted by atomic mass is 9.74. The number of phenolic OH excluding ortho intramolecular Hbond substituents is 16. The number of rotatable bonds is 4. The molecule has 1 heterocycles. The topological polar surface area (TPSA) is 337 Å². The second-order valence-electron chi connectivity index (χ2n) is 16.8. The molecule has 0 aliphatic heterocycles. The van der Waals surface area contributed by atoms with Crippen LogP contribution in [0, 0.1) is 0 Å². The SMILES string of the molecule is Bc1c(-c2c3c(O)c(O)c(O)c(O)c3c(-c3ccc(-c4ccccc4-c4ccc5oc6ccccc6c5c4)cc3)c3c(O)c(O)c(O)c(O)c23)c2c(O)c(O)c(O)c(O)c2c2c(O)c(O)c(O)c(O)c12. The Labute approximate surface area is 390 Å². The lowest BCUT2D eigenvalue weighted by Gasteiger charge is -2.26. The molecule has 0 radical (unpaired) electrons. The lowest BCUT2D eigenvalue weighted by molar-refractivity contribution is 0.349. The standard InChI is InChI=1S/C52H33BO17/c53-36-27(32-33(42(59)50(67)49(66)41(32)58)34-35(36)44(61)52(69)51(68)43(34)60)26-30-28(37(54)45(62)47(64)39(30)56)25(29-31(26)40(57)48(65)46(63)38(29)55)17-11-9-16(10-12-17)19-5-1-2-6-20(19)18-13-14-24-22(15-18)21-7-3-4-8-23(21)70-24/h1-15,54-69H,53H2. The van der Waals surface area contributed by atoms with Crippen molar-refractivity contribution in [3.05, 3.63) is 91.0 Å². The van der Waals surface area contributed by atoms with Crippen molar-refractivity contribution in [2.45, 2.75) is 0 Å². The Morgan fingerprint density at radius 2 is 0.614 bits per heavy atom. The highest BCUT2D eigenvalue weighted by molar-refractivity contribution is 6.50. The zero-order chi connectivity index (χ0) is 49.7. The fourth-order valence-corrected chi connectivity index (χ4v) is 9.97. The molecule has 17 nitrogen and oxygen atoms in total. The summed E-state index contributed by atoms with van der Waals surface area (Å²) in [6, 6.07) is 27.2. The van der Waals surface area contributed by atoms with Gasteiger partial charge in [-0.25, -0.2) is 0 Å². The van der Waals surface area contributed by atoms with E-state index in [2.05, 4.69) is 0 Å². The smallest absolute Gasteiger partial charge is 0.204 e. The van der Waals surface area contributed by atoms with Crippen LogP contribution in [0.15, 0.2) is 95.4 Å². The Kier molecular flexibility index (Phi) is 8.78. The highest BCUT2D eigenvalue weighted by Crippen LogP contribution is 2.65. The summed E-state index contributed by atoms with van der Waals surface area (Å²) in [7, 11) is 1.14. The molecule has 10 aromatic carbocycles. The zero-order valence-corrected chi connectivity index (χ0v) is 35.7. The van der Waals surface area contributed by atoms with Crippen LogP contribution in [0.25, 0.3) is 110 Å². The van der Waals surface area contributed by atoms with E-state index in [1.165, 1.54) is 12.1 Å². The van der Waals surface area contributed by atoms with Gasteiger partial charge in [0.25, 0.3) is 0 Å². The molecule has 16 N–H and O–H groups in total. The largest absolute Gasteiger partial charge is 0.504 e. The second kappa shape index (κ2) is 14.5. The first-order valence-electron chi connectivity index (χ1n) is 21.0. The van der Waals surface area contributed by atoms with Crippen molar-refractivity contribution in [1.82, 2.24) is 0 Å². The number of hydrogen-bond donors (Lipinski definition) is 16. The van der Waals surface area contributed by atoms with E-state index in [0.717, 1.165) is 40.9 Å². The van der Waals surface area contributed by atoms with E-state index >= 15 is 0 Å². The Hall–Kier alpha value is -10.1. The van der Waals surface area contributed by atoms with Crippen LogP contribution in [0.2, 0.25) is 0 Å². The van der Waals surface area contributed by atoms with E-state index in [4.69, 9.17) is 4.42 Å². The van der Waals surface area contributed by atoms with Gasteiger partial charge in [0, 0.05) is 65.0 Å². The molecule has 0 saturated heterocycles. The van der Waals surface area contributed by atoms with Gasteiger partial charge in [0.15, 0.2) is 46.0 Å². The lowest BCUT2D eigenvalue weighted by Crippen LogP contribution is -2.11. The molecule has 70 heavy (non-hydrogen) atoms. The molecule has 11 rings (SSSR count). The molecule has 11 aromatic rings. The Bertz CT molecular complexity index is 4120. The maximum Gasteiger partial charge on any atom is 0.204 e. The normalized spacial score (nSPS) is 11.8. The molecule has 0 bridgehead atoms. The molecule has 346 valence electrons. The molecule has 0 spiro atoms. The van der Waals surface area contributed by atoms with E-state index < -0.39 is 152 Å². The Balaban J connectivity index is 1.27. The van der Waals surface area contributed by atoms with Gasteiger partial charge in [-0.1, -0.05) is 78.3 Å². The monoisotopic (exact) mass is 940 g/mol. The predicted molar refractivity (Wildman–Crippen MR) is 260 cm³/mol. The fraction of sp³-hybridized carbons (Fsp3) is 0. The summed E-state index contributed by atoms with van der Waals surface area (Å²) in [4.78, 5) is 0. The van der Waals surface area contributed by atoms with Crippen molar-refractivity contribution >= 4 is 78.3 Å². The first-order valence-corrected chi connectivity index (χ1v) is 21.0. The van der Waals surface area contributed by atoms with Crippen LogP contribution in [0.1, 0.15) is 0 Å². The van der Waals surface area contributed by atoms with Gasteiger partial charge in [-0.2, -0.15) is 0 Å². The fourth-order valence-electron chi connectivity index (χ4n) is 9.97. The van der Waals surface area contributed by atoms with Crippen LogP contribution < -0.4 is 5.46 Å². The number of aromatic hydroxyl groups is 16. The van der Waals surface area contributed by atoms with Crippen LogP contribution in [-0.4, -0.2) is 89.6 Å². The summed E-state index contributed by atoms with van der Waals surface area (Å²) in [5.41, 5.74) is 2.21. The molecule has 0 amide bonds. The molecule has 18 heteroatoms. The Morgan fingerprint density at radius 3 is 1.11 bits per heavy atom. The zero-order valence-electron chi connectivity index (χ0n) is 35.7. The van der Waals surface area contributed by atoms with Crippen LogP contribution in [0.4, 0.5) is 0 Å².